The van der Waals surface area contributed by atoms with Gasteiger partial charge < -0.3 is 4.74 Å². The molecular formula is C15H16ClNO. The van der Waals surface area contributed by atoms with Crippen LogP contribution >= 0.6 is 11.6 Å². The summed E-state index contributed by atoms with van der Waals surface area (Å²) in [6, 6.07) is 8.30. The van der Waals surface area contributed by atoms with Crippen LogP contribution in [0.25, 0.3) is 0 Å². The molecule has 1 aromatic carbocycles. The smallest absolute Gasteiger partial charge is 0.216 e. The third kappa shape index (κ3) is 1.58. The average molecular weight is 262 g/mol. The molecule has 0 radical (unpaired) electrons. The topological polar surface area (TPSA) is 21.6 Å². The Morgan fingerprint density at radius 2 is 1.89 bits per heavy atom. The van der Waals surface area contributed by atoms with Gasteiger partial charge in [-0.15, -0.1) is 0 Å². The van der Waals surface area contributed by atoms with Crippen LogP contribution in [0.3, 0.4) is 0 Å². The third-order valence-corrected chi connectivity index (χ3v) is 5.06. The number of nitrogens with zero attached hydrogens (tertiary/aromatic N) is 1. The number of hydrogen-bond acceptors (Lipinski definition) is 2. The SMILES string of the molecule is Clc1ccc(C2=N[C@@H]3[C@@H]4CC[C@@H](C4)[C@@H]3CO2)cc1. The van der Waals surface area contributed by atoms with Gasteiger partial charge in [-0.2, -0.15) is 0 Å². The monoisotopic (exact) mass is 261 g/mol. The Morgan fingerprint density at radius 3 is 2.72 bits per heavy atom. The fourth-order valence-corrected chi connectivity index (χ4v) is 4.04. The fourth-order valence-electron chi connectivity index (χ4n) is 3.91. The zero-order valence-corrected chi connectivity index (χ0v) is 10.9. The Bertz CT molecular complexity index is 496. The maximum atomic E-state index is 5.91. The van der Waals surface area contributed by atoms with Gasteiger partial charge >= 0.3 is 0 Å². The molecule has 2 aliphatic carbocycles. The zero-order chi connectivity index (χ0) is 12.1. The first-order valence-corrected chi connectivity index (χ1v) is 7.15. The maximum Gasteiger partial charge on any atom is 0.216 e. The molecule has 4 rings (SSSR count). The molecule has 94 valence electrons. The van der Waals surface area contributed by atoms with Gasteiger partial charge in [-0.1, -0.05) is 11.6 Å². The Kier molecular flexibility index (Phi) is 2.41. The quantitative estimate of drug-likeness (QED) is 0.758. The highest BCUT2D eigenvalue weighted by atomic mass is 35.5. The number of halogens is 1. The second-order valence-corrected chi connectivity index (χ2v) is 6.18. The molecule has 0 unspecified atom stereocenters. The van der Waals surface area contributed by atoms with E-state index >= 15 is 0 Å². The van der Waals surface area contributed by atoms with E-state index in [1.54, 1.807) is 0 Å². The van der Waals surface area contributed by atoms with Crippen LogP contribution in [0.1, 0.15) is 24.8 Å². The molecule has 0 spiro atoms. The van der Waals surface area contributed by atoms with E-state index in [9.17, 15) is 0 Å². The second-order valence-electron chi connectivity index (χ2n) is 5.74. The predicted molar refractivity (Wildman–Crippen MR) is 72.1 cm³/mol. The summed E-state index contributed by atoms with van der Waals surface area (Å²) in [5.41, 5.74) is 1.06. The lowest BCUT2D eigenvalue weighted by Gasteiger charge is -2.32. The molecule has 1 heterocycles. The molecule has 4 atom stereocenters. The van der Waals surface area contributed by atoms with Crippen LogP contribution in [0.15, 0.2) is 29.3 Å². The van der Waals surface area contributed by atoms with E-state index < -0.39 is 0 Å². The summed E-state index contributed by atoms with van der Waals surface area (Å²) >= 11 is 5.91. The lowest BCUT2D eigenvalue weighted by Crippen LogP contribution is -2.36. The molecule has 2 nitrogen and oxygen atoms in total. The summed E-state index contributed by atoms with van der Waals surface area (Å²) in [7, 11) is 0. The molecular weight excluding hydrogens is 246 g/mol. The normalized spacial score (nSPS) is 37.1. The van der Waals surface area contributed by atoms with Gasteiger partial charge in [0.05, 0.1) is 12.6 Å². The van der Waals surface area contributed by atoms with Crippen LogP contribution in [0.5, 0.6) is 0 Å². The van der Waals surface area contributed by atoms with Crippen molar-refractivity contribution >= 4 is 17.5 Å². The maximum absolute atomic E-state index is 5.91. The minimum atomic E-state index is 0.517. The van der Waals surface area contributed by atoms with Crippen molar-refractivity contribution in [2.75, 3.05) is 6.61 Å². The summed E-state index contributed by atoms with van der Waals surface area (Å²) in [5.74, 6) is 3.18. The van der Waals surface area contributed by atoms with E-state index in [2.05, 4.69) is 0 Å². The average Bonchev–Trinajstić information content (AvgIpc) is 3.01. The lowest BCUT2D eigenvalue weighted by atomic mass is 9.84. The molecule has 0 N–H and O–H groups in total. The summed E-state index contributed by atoms with van der Waals surface area (Å²) in [6.07, 6.45) is 4.13. The van der Waals surface area contributed by atoms with Gasteiger partial charge in [-0.05, 0) is 55.4 Å². The van der Waals surface area contributed by atoms with Gasteiger partial charge in [0.1, 0.15) is 0 Å². The van der Waals surface area contributed by atoms with Crippen molar-refractivity contribution in [3.63, 3.8) is 0 Å². The van der Waals surface area contributed by atoms with Crippen molar-refractivity contribution in [2.45, 2.75) is 25.3 Å². The number of ether oxygens (including phenoxy) is 1. The van der Waals surface area contributed by atoms with E-state index in [0.29, 0.717) is 12.0 Å². The summed E-state index contributed by atoms with van der Waals surface area (Å²) < 4.78 is 5.88. The van der Waals surface area contributed by atoms with Crippen LogP contribution in [0.2, 0.25) is 5.02 Å². The minimum absolute atomic E-state index is 0.517. The summed E-state index contributed by atoms with van der Waals surface area (Å²) in [4.78, 5) is 4.88. The Hall–Kier alpha value is -1.02. The molecule has 0 saturated heterocycles. The van der Waals surface area contributed by atoms with Crippen molar-refractivity contribution in [1.29, 1.82) is 0 Å². The van der Waals surface area contributed by atoms with E-state index in [1.165, 1.54) is 19.3 Å². The Balaban J connectivity index is 1.65. The van der Waals surface area contributed by atoms with Crippen molar-refractivity contribution in [1.82, 2.24) is 0 Å². The largest absolute Gasteiger partial charge is 0.477 e. The Morgan fingerprint density at radius 1 is 1.11 bits per heavy atom. The minimum Gasteiger partial charge on any atom is -0.477 e. The Labute approximate surface area is 112 Å². The molecule has 3 heteroatoms. The van der Waals surface area contributed by atoms with E-state index in [-0.39, 0.29) is 0 Å². The molecule has 18 heavy (non-hydrogen) atoms. The molecule has 2 bridgehead atoms. The molecule has 0 amide bonds. The van der Waals surface area contributed by atoms with Crippen molar-refractivity contribution < 1.29 is 4.74 Å². The number of aliphatic imine (C=N–C) groups is 1. The van der Waals surface area contributed by atoms with Crippen molar-refractivity contribution in [3.05, 3.63) is 34.9 Å². The fraction of sp³-hybridized carbons (Fsp3) is 0.533. The van der Waals surface area contributed by atoms with Crippen LogP contribution in [0.4, 0.5) is 0 Å². The lowest BCUT2D eigenvalue weighted by molar-refractivity contribution is 0.145. The highest BCUT2D eigenvalue weighted by molar-refractivity contribution is 6.30. The number of hydrogen-bond donors (Lipinski definition) is 0. The van der Waals surface area contributed by atoms with Gasteiger partial charge in [-0.25, -0.2) is 4.99 Å². The first kappa shape index (κ1) is 10.9. The molecule has 2 saturated carbocycles. The van der Waals surface area contributed by atoms with Crippen molar-refractivity contribution in [3.8, 4) is 0 Å². The first-order valence-electron chi connectivity index (χ1n) is 6.78. The molecule has 0 aromatic heterocycles. The highest BCUT2D eigenvalue weighted by Gasteiger charge is 2.49. The van der Waals surface area contributed by atoms with Crippen LogP contribution in [0, 0.1) is 17.8 Å². The van der Waals surface area contributed by atoms with E-state index in [4.69, 9.17) is 21.3 Å². The van der Waals surface area contributed by atoms with Crippen LogP contribution < -0.4 is 0 Å². The summed E-state index contributed by atoms with van der Waals surface area (Å²) in [5, 5.41) is 0.757. The van der Waals surface area contributed by atoms with Crippen LogP contribution in [-0.4, -0.2) is 18.5 Å². The first-order chi connectivity index (χ1) is 8.81. The molecule has 1 aromatic rings. The van der Waals surface area contributed by atoms with Gasteiger partial charge in [0.2, 0.25) is 5.90 Å². The number of fused-ring (bicyclic) bond motifs is 5. The van der Waals surface area contributed by atoms with Gasteiger partial charge in [0.15, 0.2) is 0 Å². The zero-order valence-electron chi connectivity index (χ0n) is 10.2. The second kappa shape index (κ2) is 3.99. The van der Waals surface area contributed by atoms with Crippen molar-refractivity contribution in [2.24, 2.45) is 22.7 Å². The molecule has 3 aliphatic rings. The van der Waals surface area contributed by atoms with Crippen LogP contribution in [-0.2, 0) is 4.74 Å². The molecule has 1 aliphatic heterocycles. The van der Waals surface area contributed by atoms with E-state index in [0.717, 1.165) is 34.9 Å². The standard InChI is InChI=1S/C15H16ClNO/c16-12-5-3-9(4-6-12)15-17-14-11-2-1-10(7-11)13(14)8-18-15/h3-6,10-11,13-14H,1-2,7-8H2/t10-,11+,13-,14+/m0/s1. The predicted octanol–water partition coefficient (Wildman–Crippen LogP) is 3.53. The molecule has 2 fully saturated rings. The third-order valence-electron chi connectivity index (χ3n) is 4.81. The number of benzene rings is 1. The van der Waals surface area contributed by atoms with E-state index in [1.807, 2.05) is 24.3 Å². The van der Waals surface area contributed by atoms with Gasteiger partial charge in [-0.3, -0.25) is 0 Å². The van der Waals surface area contributed by atoms with Gasteiger partial charge in [0, 0.05) is 16.5 Å². The number of rotatable bonds is 1. The van der Waals surface area contributed by atoms with Gasteiger partial charge in [0.25, 0.3) is 0 Å². The highest BCUT2D eigenvalue weighted by Crippen LogP contribution is 2.51. The summed E-state index contributed by atoms with van der Waals surface area (Å²) in [6.45, 7) is 0.854.